The summed E-state index contributed by atoms with van der Waals surface area (Å²) in [5, 5.41) is 3.80. The first-order valence-electron chi connectivity index (χ1n) is 9.41. The Bertz CT molecular complexity index is 759. The molecule has 0 fully saturated rings. The van der Waals surface area contributed by atoms with Gasteiger partial charge >= 0.3 is 0 Å². The van der Waals surface area contributed by atoms with E-state index in [0.29, 0.717) is 5.02 Å². The summed E-state index contributed by atoms with van der Waals surface area (Å²) >= 11 is 7.49. The summed E-state index contributed by atoms with van der Waals surface area (Å²) in [6, 6.07) is 14.4. The van der Waals surface area contributed by atoms with Gasteiger partial charge in [0.1, 0.15) is 0 Å². The molecule has 0 bridgehead atoms. The van der Waals surface area contributed by atoms with Crippen LogP contribution in [-0.2, 0) is 17.6 Å². The third kappa shape index (κ3) is 4.83. The Balaban J connectivity index is 1.65. The standard InChI is InChI=1S/C22H26ClNOS/c1-3-21(18-9-8-16-6-4-5-7-17(16)14-18)24-22(25)15(2)26-20-12-10-19(23)11-13-20/h8-15,21H,3-7H2,1-2H3,(H,24,25)/t15-,21-/m0/s1. The Labute approximate surface area is 165 Å². The quantitative estimate of drug-likeness (QED) is 0.619. The number of aryl methyl sites for hydroxylation is 2. The summed E-state index contributed by atoms with van der Waals surface area (Å²) in [5.74, 6) is 0.0783. The van der Waals surface area contributed by atoms with Crippen molar-refractivity contribution in [3.05, 3.63) is 64.2 Å². The second kappa shape index (κ2) is 8.96. The molecule has 26 heavy (non-hydrogen) atoms. The van der Waals surface area contributed by atoms with Crippen LogP contribution in [-0.4, -0.2) is 11.2 Å². The van der Waals surface area contributed by atoms with E-state index in [4.69, 9.17) is 11.6 Å². The van der Waals surface area contributed by atoms with Gasteiger partial charge in [-0.1, -0.05) is 36.7 Å². The molecule has 0 spiro atoms. The van der Waals surface area contributed by atoms with Gasteiger partial charge in [-0.15, -0.1) is 11.8 Å². The van der Waals surface area contributed by atoms with Gasteiger partial charge in [-0.05, 0) is 80.0 Å². The Kier molecular flexibility index (Phi) is 6.66. The van der Waals surface area contributed by atoms with Crippen molar-refractivity contribution in [3.63, 3.8) is 0 Å². The maximum Gasteiger partial charge on any atom is 0.233 e. The van der Waals surface area contributed by atoms with E-state index in [1.807, 2.05) is 31.2 Å². The largest absolute Gasteiger partial charge is 0.348 e. The van der Waals surface area contributed by atoms with Crippen LogP contribution in [0.5, 0.6) is 0 Å². The molecule has 1 aliphatic rings. The number of hydrogen-bond acceptors (Lipinski definition) is 2. The molecular weight excluding hydrogens is 362 g/mol. The van der Waals surface area contributed by atoms with Crippen LogP contribution in [0.15, 0.2) is 47.4 Å². The van der Waals surface area contributed by atoms with Gasteiger partial charge in [-0.3, -0.25) is 4.79 Å². The van der Waals surface area contributed by atoms with Gasteiger partial charge in [0.25, 0.3) is 0 Å². The number of nitrogens with one attached hydrogen (secondary N) is 1. The molecule has 1 amide bonds. The lowest BCUT2D eigenvalue weighted by molar-refractivity contribution is -0.121. The van der Waals surface area contributed by atoms with Gasteiger partial charge < -0.3 is 5.32 Å². The molecular formula is C22H26ClNOS. The van der Waals surface area contributed by atoms with Crippen LogP contribution >= 0.6 is 23.4 Å². The van der Waals surface area contributed by atoms with Gasteiger partial charge in [0, 0.05) is 9.92 Å². The Morgan fingerprint density at radius 2 is 1.81 bits per heavy atom. The van der Waals surface area contributed by atoms with Crippen molar-refractivity contribution >= 4 is 29.3 Å². The van der Waals surface area contributed by atoms with Crippen LogP contribution in [0.4, 0.5) is 0 Å². The first-order valence-corrected chi connectivity index (χ1v) is 10.7. The second-order valence-corrected chi connectivity index (χ2v) is 8.77. The minimum atomic E-state index is -0.150. The van der Waals surface area contributed by atoms with Crippen LogP contribution in [0, 0.1) is 0 Å². The van der Waals surface area contributed by atoms with Crippen molar-refractivity contribution in [2.75, 3.05) is 0 Å². The first kappa shape index (κ1) is 19.3. The molecule has 0 saturated carbocycles. The van der Waals surface area contributed by atoms with Crippen LogP contribution in [0.2, 0.25) is 5.02 Å². The van der Waals surface area contributed by atoms with E-state index in [2.05, 4.69) is 30.4 Å². The van der Waals surface area contributed by atoms with Crippen molar-refractivity contribution in [1.82, 2.24) is 5.32 Å². The molecule has 1 aliphatic carbocycles. The predicted octanol–water partition coefficient (Wildman–Crippen LogP) is 5.97. The minimum Gasteiger partial charge on any atom is -0.348 e. The zero-order valence-corrected chi connectivity index (χ0v) is 17.0. The molecule has 0 radical (unpaired) electrons. The summed E-state index contributed by atoms with van der Waals surface area (Å²) in [5.41, 5.74) is 4.17. The van der Waals surface area contributed by atoms with Crippen LogP contribution in [0.25, 0.3) is 0 Å². The Hall–Kier alpha value is -1.45. The number of thioether (sulfide) groups is 1. The molecule has 2 atom stereocenters. The van der Waals surface area contributed by atoms with Crippen molar-refractivity contribution in [2.45, 2.75) is 62.1 Å². The summed E-state index contributed by atoms with van der Waals surface area (Å²) in [6.07, 6.45) is 5.81. The minimum absolute atomic E-state index is 0.0722. The monoisotopic (exact) mass is 387 g/mol. The molecule has 4 heteroatoms. The number of fused-ring (bicyclic) bond motifs is 1. The summed E-state index contributed by atoms with van der Waals surface area (Å²) in [4.78, 5) is 13.7. The molecule has 0 aromatic heterocycles. The highest BCUT2D eigenvalue weighted by Gasteiger charge is 2.20. The lowest BCUT2D eigenvalue weighted by atomic mass is 9.89. The fourth-order valence-electron chi connectivity index (χ4n) is 3.45. The van der Waals surface area contributed by atoms with E-state index in [1.54, 1.807) is 11.8 Å². The number of amides is 1. The normalized spacial score (nSPS) is 15.8. The smallest absolute Gasteiger partial charge is 0.233 e. The lowest BCUT2D eigenvalue weighted by Crippen LogP contribution is -2.34. The third-order valence-corrected chi connectivity index (χ3v) is 6.36. The van der Waals surface area contributed by atoms with E-state index in [-0.39, 0.29) is 17.2 Å². The molecule has 1 N–H and O–H groups in total. The Morgan fingerprint density at radius 3 is 2.50 bits per heavy atom. The number of halogens is 1. The average molecular weight is 388 g/mol. The number of carbonyl (C=O) groups excluding carboxylic acids is 1. The van der Waals surface area contributed by atoms with E-state index in [0.717, 1.165) is 17.7 Å². The first-order chi connectivity index (χ1) is 12.6. The van der Waals surface area contributed by atoms with Crippen molar-refractivity contribution in [3.8, 4) is 0 Å². The second-order valence-electron chi connectivity index (χ2n) is 6.92. The molecule has 2 aromatic rings. The highest BCUT2D eigenvalue weighted by Crippen LogP contribution is 2.28. The zero-order chi connectivity index (χ0) is 18.5. The molecule has 0 unspecified atom stereocenters. The number of carbonyl (C=O) groups is 1. The van der Waals surface area contributed by atoms with Gasteiger partial charge in [0.15, 0.2) is 0 Å². The van der Waals surface area contributed by atoms with Crippen molar-refractivity contribution in [1.29, 1.82) is 0 Å². The maximum atomic E-state index is 12.7. The van der Waals surface area contributed by atoms with Crippen LogP contribution < -0.4 is 5.32 Å². The van der Waals surface area contributed by atoms with Crippen LogP contribution in [0.1, 0.15) is 55.8 Å². The summed E-state index contributed by atoms with van der Waals surface area (Å²) in [7, 11) is 0. The summed E-state index contributed by atoms with van der Waals surface area (Å²) < 4.78 is 0. The third-order valence-electron chi connectivity index (χ3n) is 5.00. The van der Waals surface area contributed by atoms with Gasteiger partial charge in [0.05, 0.1) is 11.3 Å². The molecule has 2 nitrogen and oxygen atoms in total. The fraction of sp³-hybridized carbons (Fsp3) is 0.409. The number of hydrogen-bond donors (Lipinski definition) is 1. The van der Waals surface area contributed by atoms with E-state index < -0.39 is 0 Å². The van der Waals surface area contributed by atoms with Gasteiger partial charge in [-0.25, -0.2) is 0 Å². The van der Waals surface area contributed by atoms with Crippen molar-refractivity contribution in [2.24, 2.45) is 0 Å². The van der Waals surface area contributed by atoms with Gasteiger partial charge in [-0.2, -0.15) is 0 Å². The van der Waals surface area contributed by atoms with Gasteiger partial charge in [0.2, 0.25) is 5.91 Å². The van der Waals surface area contributed by atoms with E-state index in [9.17, 15) is 4.79 Å². The maximum absolute atomic E-state index is 12.7. The van der Waals surface area contributed by atoms with E-state index in [1.165, 1.54) is 36.0 Å². The molecule has 0 heterocycles. The highest BCUT2D eigenvalue weighted by molar-refractivity contribution is 8.00. The average Bonchev–Trinajstić information content (AvgIpc) is 2.67. The fourth-order valence-corrected chi connectivity index (χ4v) is 4.45. The molecule has 0 saturated heterocycles. The van der Waals surface area contributed by atoms with E-state index >= 15 is 0 Å². The van der Waals surface area contributed by atoms with Crippen molar-refractivity contribution < 1.29 is 4.79 Å². The number of rotatable bonds is 6. The van der Waals surface area contributed by atoms with Crippen LogP contribution in [0.3, 0.4) is 0 Å². The molecule has 138 valence electrons. The molecule has 2 aromatic carbocycles. The topological polar surface area (TPSA) is 29.1 Å². The predicted molar refractivity (Wildman–Crippen MR) is 111 cm³/mol. The molecule has 3 rings (SSSR count). The zero-order valence-electron chi connectivity index (χ0n) is 15.4. The number of benzene rings is 2. The lowest BCUT2D eigenvalue weighted by Gasteiger charge is -2.23. The SMILES string of the molecule is CC[C@H](NC(=O)[C@H](C)Sc1ccc(Cl)cc1)c1ccc2c(c1)CCCC2. The highest BCUT2D eigenvalue weighted by atomic mass is 35.5. The molecule has 0 aliphatic heterocycles. The summed E-state index contributed by atoms with van der Waals surface area (Å²) in [6.45, 7) is 4.08. The Morgan fingerprint density at radius 1 is 1.12 bits per heavy atom.